The maximum absolute atomic E-state index is 11.3. The summed E-state index contributed by atoms with van der Waals surface area (Å²) in [4.78, 5) is 8.84. The van der Waals surface area contributed by atoms with Gasteiger partial charge in [-0.1, -0.05) is 24.3 Å². The van der Waals surface area contributed by atoms with Crippen LogP contribution in [0.4, 0.5) is 17.5 Å². The van der Waals surface area contributed by atoms with Gasteiger partial charge in [-0.3, -0.25) is 0 Å². The van der Waals surface area contributed by atoms with Crippen molar-refractivity contribution in [3.8, 4) is 0 Å². The van der Waals surface area contributed by atoms with E-state index in [2.05, 4.69) is 38.8 Å². The molecule has 3 rings (SSSR count). The number of aromatic nitrogens is 2. The van der Waals surface area contributed by atoms with Crippen molar-refractivity contribution in [1.29, 1.82) is 0 Å². The first-order chi connectivity index (χ1) is 13.3. The van der Waals surface area contributed by atoms with Crippen molar-refractivity contribution in [3.05, 3.63) is 71.4 Å². The van der Waals surface area contributed by atoms with E-state index in [4.69, 9.17) is 5.14 Å². The van der Waals surface area contributed by atoms with Gasteiger partial charge in [0.15, 0.2) is 0 Å². The molecule has 0 aliphatic heterocycles. The molecule has 1 aromatic heterocycles. The molecule has 0 unspecified atom stereocenters. The van der Waals surface area contributed by atoms with E-state index in [1.807, 2.05) is 19.9 Å². The quantitative estimate of drug-likeness (QED) is 0.565. The molecular formula is C20H23N5O2S. The highest BCUT2D eigenvalue weighted by molar-refractivity contribution is 7.89. The number of hydrogen-bond acceptors (Lipinski definition) is 6. The van der Waals surface area contributed by atoms with Crippen LogP contribution in [0.15, 0.2) is 59.6 Å². The van der Waals surface area contributed by atoms with Crippen molar-refractivity contribution in [2.45, 2.75) is 25.2 Å². The molecular weight excluding hydrogens is 374 g/mol. The van der Waals surface area contributed by atoms with Crippen molar-refractivity contribution in [2.24, 2.45) is 5.14 Å². The lowest BCUT2D eigenvalue weighted by atomic mass is 10.1. The molecule has 7 nitrogen and oxygen atoms in total. The molecule has 2 aromatic carbocycles. The first kappa shape index (κ1) is 19.8. The summed E-state index contributed by atoms with van der Waals surface area (Å²) in [7, 11) is -3.66. The van der Waals surface area contributed by atoms with Gasteiger partial charge in [0.2, 0.25) is 16.0 Å². The predicted octanol–water partition coefficient (Wildman–Crippen LogP) is 3.14. The first-order valence-electron chi connectivity index (χ1n) is 8.84. The number of benzene rings is 2. The molecule has 0 saturated carbocycles. The van der Waals surface area contributed by atoms with Gasteiger partial charge in [-0.2, -0.15) is 4.98 Å². The third-order valence-corrected chi connectivity index (χ3v) is 5.19. The Balaban J connectivity index is 1.60. The minimum absolute atomic E-state index is 0.109. The van der Waals surface area contributed by atoms with Crippen LogP contribution in [0.2, 0.25) is 0 Å². The summed E-state index contributed by atoms with van der Waals surface area (Å²) < 4.78 is 22.6. The van der Waals surface area contributed by atoms with Crippen LogP contribution in [-0.4, -0.2) is 24.9 Å². The number of hydrogen-bond donors (Lipinski definition) is 3. The molecule has 0 bridgehead atoms. The average Bonchev–Trinajstić information content (AvgIpc) is 2.65. The van der Waals surface area contributed by atoms with Gasteiger partial charge in [-0.05, 0) is 61.2 Å². The van der Waals surface area contributed by atoms with Crippen LogP contribution in [0.1, 0.15) is 16.7 Å². The van der Waals surface area contributed by atoms with Crippen molar-refractivity contribution in [1.82, 2.24) is 9.97 Å². The van der Waals surface area contributed by atoms with Crippen molar-refractivity contribution < 1.29 is 8.42 Å². The average molecular weight is 398 g/mol. The van der Waals surface area contributed by atoms with E-state index in [1.165, 1.54) is 17.7 Å². The van der Waals surface area contributed by atoms with Gasteiger partial charge >= 0.3 is 0 Å². The molecule has 0 fully saturated rings. The van der Waals surface area contributed by atoms with Gasteiger partial charge in [0.25, 0.3) is 0 Å². The van der Waals surface area contributed by atoms with Crippen LogP contribution >= 0.6 is 0 Å². The van der Waals surface area contributed by atoms with Gasteiger partial charge in [0.1, 0.15) is 5.82 Å². The number of nitrogens with zero attached hydrogens (tertiary/aromatic N) is 2. The van der Waals surface area contributed by atoms with Gasteiger partial charge in [0.05, 0.1) is 4.90 Å². The molecule has 0 amide bonds. The molecule has 0 atom stereocenters. The summed E-state index contributed by atoms with van der Waals surface area (Å²) in [6.45, 7) is 4.71. The zero-order valence-electron chi connectivity index (χ0n) is 15.8. The van der Waals surface area contributed by atoms with Crippen LogP contribution in [0, 0.1) is 13.8 Å². The molecule has 0 saturated heterocycles. The van der Waals surface area contributed by atoms with Crippen molar-refractivity contribution in [3.63, 3.8) is 0 Å². The monoisotopic (exact) mass is 397 g/mol. The van der Waals surface area contributed by atoms with Crippen molar-refractivity contribution >= 4 is 27.5 Å². The summed E-state index contributed by atoms with van der Waals surface area (Å²) in [5.41, 5.74) is 4.32. The van der Waals surface area contributed by atoms with Crippen molar-refractivity contribution in [2.75, 3.05) is 17.2 Å². The summed E-state index contributed by atoms with van der Waals surface area (Å²) in [6, 6.07) is 14.6. The lowest BCUT2D eigenvalue weighted by Gasteiger charge is -2.11. The Morgan fingerprint density at radius 3 is 2.50 bits per heavy atom. The van der Waals surface area contributed by atoms with Gasteiger partial charge < -0.3 is 10.6 Å². The Kier molecular flexibility index (Phi) is 5.91. The number of nitrogens with one attached hydrogen (secondary N) is 2. The molecule has 146 valence electrons. The minimum Gasteiger partial charge on any atom is -0.354 e. The van der Waals surface area contributed by atoms with E-state index >= 15 is 0 Å². The molecule has 3 aromatic rings. The summed E-state index contributed by atoms with van der Waals surface area (Å²) in [5, 5.41) is 11.6. The number of primary sulfonamides is 1. The number of nitrogens with two attached hydrogens (primary N) is 1. The fourth-order valence-electron chi connectivity index (χ4n) is 2.69. The third-order valence-electron chi connectivity index (χ3n) is 4.26. The molecule has 28 heavy (non-hydrogen) atoms. The zero-order valence-corrected chi connectivity index (χ0v) is 16.6. The first-order valence-corrected chi connectivity index (χ1v) is 10.4. The Bertz CT molecular complexity index is 1070. The zero-order chi connectivity index (χ0) is 20.1. The highest BCUT2D eigenvalue weighted by Gasteiger charge is 2.07. The molecule has 0 radical (unpaired) electrons. The molecule has 1 heterocycles. The second kappa shape index (κ2) is 8.37. The fraction of sp³-hybridized carbons (Fsp3) is 0.200. The summed E-state index contributed by atoms with van der Waals surface area (Å²) in [5.74, 6) is 1.24. The Morgan fingerprint density at radius 1 is 1.04 bits per heavy atom. The topological polar surface area (TPSA) is 110 Å². The molecule has 4 N–H and O–H groups in total. The van der Waals surface area contributed by atoms with E-state index < -0.39 is 10.0 Å². The van der Waals surface area contributed by atoms with Crippen LogP contribution in [0.25, 0.3) is 0 Å². The third kappa shape index (κ3) is 5.28. The maximum atomic E-state index is 11.3. The predicted molar refractivity (Wildman–Crippen MR) is 111 cm³/mol. The van der Waals surface area contributed by atoms with E-state index in [-0.39, 0.29) is 4.90 Å². The minimum atomic E-state index is -3.66. The molecule has 8 heteroatoms. The normalized spacial score (nSPS) is 11.2. The Morgan fingerprint density at radius 2 is 1.79 bits per heavy atom. The van der Waals surface area contributed by atoms with E-state index in [0.717, 1.165) is 16.8 Å². The number of rotatable bonds is 7. The standard InChI is InChI=1S/C20H23N5O2S/c1-14-3-4-15(2)18(13-14)24-19-10-12-23-20(25-19)22-11-9-16-5-7-17(8-6-16)28(21,26)27/h3-8,10,12-13H,9,11H2,1-2H3,(H2,21,26,27)(H2,22,23,24,25). The molecule has 0 aliphatic carbocycles. The van der Waals surface area contributed by atoms with Gasteiger partial charge in [0, 0.05) is 18.4 Å². The molecule has 0 aliphatic rings. The lowest BCUT2D eigenvalue weighted by Crippen LogP contribution is -2.12. The van der Waals surface area contributed by atoms with Crippen LogP contribution < -0.4 is 15.8 Å². The molecule has 0 spiro atoms. The lowest BCUT2D eigenvalue weighted by molar-refractivity contribution is 0.598. The summed E-state index contributed by atoms with van der Waals surface area (Å²) in [6.07, 6.45) is 2.40. The largest absolute Gasteiger partial charge is 0.354 e. The van der Waals surface area contributed by atoms with E-state index in [1.54, 1.807) is 18.3 Å². The van der Waals surface area contributed by atoms with E-state index in [0.29, 0.717) is 24.7 Å². The fourth-order valence-corrected chi connectivity index (χ4v) is 3.20. The highest BCUT2D eigenvalue weighted by Crippen LogP contribution is 2.21. The highest BCUT2D eigenvalue weighted by atomic mass is 32.2. The van der Waals surface area contributed by atoms with Crippen LogP contribution in [0.3, 0.4) is 0 Å². The van der Waals surface area contributed by atoms with Crippen LogP contribution in [-0.2, 0) is 16.4 Å². The number of anilines is 3. The van der Waals surface area contributed by atoms with Gasteiger partial charge in [-0.15, -0.1) is 0 Å². The van der Waals surface area contributed by atoms with Gasteiger partial charge in [-0.25, -0.2) is 18.5 Å². The maximum Gasteiger partial charge on any atom is 0.238 e. The summed E-state index contributed by atoms with van der Waals surface area (Å²) >= 11 is 0. The number of aryl methyl sites for hydroxylation is 2. The second-order valence-electron chi connectivity index (χ2n) is 6.57. The SMILES string of the molecule is Cc1ccc(C)c(Nc2ccnc(NCCc3ccc(S(N)(=O)=O)cc3)n2)c1. The smallest absolute Gasteiger partial charge is 0.238 e. The Hall–Kier alpha value is -2.97. The second-order valence-corrected chi connectivity index (χ2v) is 8.14. The Labute approximate surface area is 165 Å². The van der Waals surface area contributed by atoms with Crippen LogP contribution in [0.5, 0.6) is 0 Å². The van der Waals surface area contributed by atoms with E-state index in [9.17, 15) is 8.42 Å². The number of sulfonamides is 1.